The molecular formula is C16H16BrClFNS. The summed E-state index contributed by atoms with van der Waals surface area (Å²) in [4.78, 5) is 1.14. The third kappa shape index (κ3) is 5.62. The zero-order valence-corrected chi connectivity index (χ0v) is 14.7. The SMILES string of the molecule is CNC(CSc1cccc(Cl)c1)Cc1cc(F)cc(Br)c1. The molecule has 0 aliphatic heterocycles. The molecule has 2 rings (SSSR count). The van der Waals surface area contributed by atoms with E-state index < -0.39 is 0 Å². The molecule has 1 unspecified atom stereocenters. The van der Waals surface area contributed by atoms with Gasteiger partial charge in [0.1, 0.15) is 5.82 Å². The van der Waals surface area contributed by atoms with Gasteiger partial charge in [0, 0.05) is 26.2 Å². The minimum absolute atomic E-state index is 0.211. The summed E-state index contributed by atoms with van der Waals surface area (Å²) in [6, 6.07) is 13.1. The molecule has 0 heterocycles. The number of benzene rings is 2. The van der Waals surface area contributed by atoms with Crippen LogP contribution in [0.5, 0.6) is 0 Å². The Kier molecular flexibility index (Phi) is 6.55. The largest absolute Gasteiger partial charge is 0.316 e. The molecule has 0 spiro atoms. The number of nitrogens with one attached hydrogen (secondary N) is 1. The molecule has 0 aliphatic rings. The summed E-state index contributed by atoms with van der Waals surface area (Å²) in [5.74, 6) is 0.682. The summed E-state index contributed by atoms with van der Waals surface area (Å²) < 4.78 is 14.2. The first-order valence-electron chi connectivity index (χ1n) is 6.57. The molecule has 21 heavy (non-hydrogen) atoms. The van der Waals surface area contributed by atoms with Crippen LogP contribution < -0.4 is 5.32 Å². The van der Waals surface area contributed by atoms with E-state index in [2.05, 4.69) is 21.2 Å². The van der Waals surface area contributed by atoms with Crippen molar-refractivity contribution in [2.24, 2.45) is 0 Å². The Hall–Kier alpha value is -0.550. The quantitative estimate of drug-likeness (QED) is 0.686. The molecule has 0 radical (unpaired) electrons. The topological polar surface area (TPSA) is 12.0 Å². The lowest BCUT2D eigenvalue weighted by Crippen LogP contribution is -2.30. The minimum atomic E-state index is -0.211. The highest BCUT2D eigenvalue weighted by atomic mass is 79.9. The van der Waals surface area contributed by atoms with Crippen LogP contribution in [0, 0.1) is 5.82 Å². The molecule has 1 nitrogen and oxygen atoms in total. The van der Waals surface area contributed by atoms with Gasteiger partial charge in [-0.05, 0) is 55.4 Å². The number of rotatable bonds is 6. The van der Waals surface area contributed by atoms with E-state index in [1.165, 1.54) is 6.07 Å². The molecule has 0 bridgehead atoms. The first-order chi connectivity index (χ1) is 10.1. The molecule has 0 amide bonds. The fourth-order valence-electron chi connectivity index (χ4n) is 2.01. The third-order valence-corrected chi connectivity index (χ3v) is 4.91. The van der Waals surface area contributed by atoms with E-state index in [1.54, 1.807) is 17.8 Å². The zero-order valence-electron chi connectivity index (χ0n) is 11.6. The molecular weight excluding hydrogens is 373 g/mol. The highest BCUT2D eigenvalue weighted by molar-refractivity contribution is 9.10. The van der Waals surface area contributed by atoms with Gasteiger partial charge in [-0.1, -0.05) is 33.6 Å². The van der Waals surface area contributed by atoms with E-state index in [0.717, 1.165) is 32.1 Å². The summed E-state index contributed by atoms with van der Waals surface area (Å²) in [6.07, 6.45) is 0.778. The molecule has 1 N–H and O–H groups in total. The van der Waals surface area contributed by atoms with Gasteiger partial charge in [-0.15, -0.1) is 11.8 Å². The number of hydrogen-bond donors (Lipinski definition) is 1. The van der Waals surface area contributed by atoms with Crippen LogP contribution in [0.3, 0.4) is 0 Å². The Morgan fingerprint density at radius 2 is 2.10 bits per heavy atom. The third-order valence-electron chi connectivity index (χ3n) is 3.06. The molecule has 0 aromatic heterocycles. The fourth-order valence-corrected chi connectivity index (χ4v) is 3.84. The molecule has 0 aliphatic carbocycles. The standard InChI is InChI=1S/C16H16BrClFNS/c1-20-15(7-11-5-12(17)8-14(19)6-11)10-21-16-4-2-3-13(18)9-16/h2-6,8-9,15,20H,7,10H2,1H3. The first-order valence-corrected chi connectivity index (χ1v) is 8.73. The minimum Gasteiger partial charge on any atom is -0.316 e. The second kappa shape index (κ2) is 8.18. The van der Waals surface area contributed by atoms with Crippen LogP contribution in [0.25, 0.3) is 0 Å². The summed E-state index contributed by atoms with van der Waals surface area (Å²) in [5, 5.41) is 4.03. The Morgan fingerprint density at radius 1 is 1.29 bits per heavy atom. The van der Waals surface area contributed by atoms with E-state index >= 15 is 0 Å². The van der Waals surface area contributed by atoms with Crippen molar-refractivity contribution < 1.29 is 4.39 Å². The average Bonchev–Trinajstić information content (AvgIpc) is 2.42. The molecule has 0 fully saturated rings. The summed E-state index contributed by atoms with van der Waals surface area (Å²) in [7, 11) is 1.93. The summed E-state index contributed by atoms with van der Waals surface area (Å²) in [5.41, 5.74) is 0.980. The normalized spacial score (nSPS) is 12.4. The number of hydrogen-bond acceptors (Lipinski definition) is 2. The molecule has 1 atom stereocenters. The molecule has 0 saturated heterocycles. The van der Waals surface area contributed by atoms with Crippen LogP contribution in [0.15, 0.2) is 51.8 Å². The molecule has 5 heteroatoms. The van der Waals surface area contributed by atoms with Gasteiger partial charge in [-0.3, -0.25) is 0 Å². The lowest BCUT2D eigenvalue weighted by Gasteiger charge is -2.16. The van der Waals surface area contributed by atoms with E-state index in [-0.39, 0.29) is 11.9 Å². The van der Waals surface area contributed by atoms with Crippen molar-refractivity contribution in [1.82, 2.24) is 5.32 Å². The van der Waals surface area contributed by atoms with Gasteiger partial charge in [0.25, 0.3) is 0 Å². The Morgan fingerprint density at radius 3 is 2.76 bits per heavy atom. The van der Waals surface area contributed by atoms with Crippen molar-refractivity contribution in [3.63, 3.8) is 0 Å². The predicted octanol–water partition coefficient (Wildman–Crippen LogP) is 5.16. The highest BCUT2D eigenvalue weighted by Crippen LogP contribution is 2.23. The van der Waals surface area contributed by atoms with Crippen LogP contribution in [-0.2, 0) is 6.42 Å². The van der Waals surface area contributed by atoms with E-state index in [9.17, 15) is 4.39 Å². The second-order valence-electron chi connectivity index (χ2n) is 4.74. The van der Waals surface area contributed by atoms with Gasteiger partial charge in [-0.2, -0.15) is 0 Å². The highest BCUT2D eigenvalue weighted by Gasteiger charge is 2.10. The van der Waals surface area contributed by atoms with Crippen molar-refractivity contribution >= 4 is 39.3 Å². The molecule has 2 aromatic carbocycles. The van der Waals surface area contributed by atoms with Crippen LogP contribution in [0.4, 0.5) is 4.39 Å². The van der Waals surface area contributed by atoms with Crippen molar-refractivity contribution in [1.29, 1.82) is 0 Å². The smallest absolute Gasteiger partial charge is 0.124 e. The molecule has 112 valence electrons. The maximum Gasteiger partial charge on any atom is 0.124 e. The number of thioether (sulfide) groups is 1. The van der Waals surface area contributed by atoms with Gasteiger partial charge >= 0.3 is 0 Å². The maximum atomic E-state index is 13.4. The van der Waals surface area contributed by atoms with Gasteiger partial charge in [0.2, 0.25) is 0 Å². The Labute approximate surface area is 142 Å². The van der Waals surface area contributed by atoms with E-state index in [0.29, 0.717) is 0 Å². The lowest BCUT2D eigenvalue weighted by atomic mass is 10.1. The number of likely N-dealkylation sites (N-methyl/N-ethyl adjacent to an activating group) is 1. The maximum absolute atomic E-state index is 13.4. The van der Waals surface area contributed by atoms with Crippen molar-refractivity contribution in [2.45, 2.75) is 17.4 Å². The van der Waals surface area contributed by atoms with Gasteiger partial charge in [0.15, 0.2) is 0 Å². The van der Waals surface area contributed by atoms with Gasteiger partial charge in [0.05, 0.1) is 0 Å². The molecule has 0 saturated carbocycles. The van der Waals surface area contributed by atoms with Crippen molar-refractivity contribution in [3.8, 4) is 0 Å². The number of halogens is 3. The van der Waals surface area contributed by atoms with Crippen LogP contribution in [-0.4, -0.2) is 18.8 Å². The Bertz CT molecular complexity index is 588. The van der Waals surface area contributed by atoms with Gasteiger partial charge in [-0.25, -0.2) is 4.39 Å². The van der Waals surface area contributed by atoms with Crippen LogP contribution in [0.2, 0.25) is 5.02 Å². The summed E-state index contributed by atoms with van der Waals surface area (Å²) >= 11 is 11.1. The van der Waals surface area contributed by atoms with E-state index in [4.69, 9.17) is 11.6 Å². The van der Waals surface area contributed by atoms with Crippen molar-refractivity contribution in [2.75, 3.05) is 12.8 Å². The van der Waals surface area contributed by atoms with Crippen LogP contribution >= 0.6 is 39.3 Å². The fraction of sp³-hybridized carbons (Fsp3) is 0.250. The van der Waals surface area contributed by atoms with Crippen molar-refractivity contribution in [3.05, 3.63) is 63.3 Å². The molecule has 2 aromatic rings. The average molecular weight is 389 g/mol. The van der Waals surface area contributed by atoms with E-state index in [1.807, 2.05) is 37.4 Å². The second-order valence-corrected chi connectivity index (χ2v) is 7.18. The first kappa shape index (κ1) is 16.8. The zero-order chi connectivity index (χ0) is 15.2. The van der Waals surface area contributed by atoms with Gasteiger partial charge < -0.3 is 5.32 Å². The lowest BCUT2D eigenvalue weighted by molar-refractivity contribution is 0.602. The Balaban J connectivity index is 1.96. The summed E-state index contributed by atoms with van der Waals surface area (Å²) in [6.45, 7) is 0. The monoisotopic (exact) mass is 387 g/mol. The predicted molar refractivity (Wildman–Crippen MR) is 92.8 cm³/mol. The van der Waals surface area contributed by atoms with Crippen LogP contribution in [0.1, 0.15) is 5.56 Å².